The van der Waals surface area contributed by atoms with E-state index in [0.717, 1.165) is 10.1 Å². The van der Waals surface area contributed by atoms with Crippen LogP contribution < -0.4 is 5.32 Å². The van der Waals surface area contributed by atoms with Crippen LogP contribution in [0.2, 0.25) is 0 Å². The largest absolute Gasteiger partial charge is 0.447 e. The Bertz CT molecular complexity index is 672. The van der Waals surface area contributed by atoms with Crippen molar-refractivity contribution < 1.29 is 12.8 Å². The average Bonchev–Trinajstić information content (AvgIpc) is 2.99. The fraction of sp³-hybridized carbons (Fsp3) is 0.417. The molecule has 0 unspecified atom stereocenters. The number of nitrogens with zero attached hydrogens (tertiary/aromatic N) is 3. The van der Waals surface area contributed by atoms with Crippen molar-refractivity contribution >= 4 is 10.0 Å². The second-order valence-corrected chi connectivity index (χ2v) is 6.65. The van der Waals surface area contributed by atoms with Gasteiger partial charge in [-0.1, -0.05) is 0 Å². The summed E-state index contributed by atoms with van der Waals surface area (Å²) in [6.07, 6.45) is 3.59. The lowest BCUT2D eigenvalue weighted by Gasteiger charge is -2.08. The van der Waals surface area contributed by atoms with Gasteiger partial charge in [0.15, 0.2) is 0 Å². The van der Waals surface area contributed by atoms with Gasteiger partial charge in [0.05, 0.1) is 13.1 Å². The number of furan rings is 1. The van der Waals surface area contributed by atoms with Gasteiger partial charge >= 0.3 is 0 Å². The van der Waals surface area contributed by atoms with Gasteiger partial charge in [0, 0.05) is 33.5 Å². The maximum absolute atomic E-state index is 11.8. The van der Waals surface area contributed by atoms with Crippen molar-refractivity contribution in [3.63, 3.8) is 0 Å². The lowest BCUT2D eigenvalue weighted by Crippen LogP contribution is -2.21. The SMILES string of the molecule is CN(C)S(=O)(=O)c1ccc(CNCc2nccn2C)o1. The summed E-state index contributed by atoms with van der Waals surface area (Å²) in [5, 5.41) is 3.11. The van der Waals surface area contributed by atoms with Crippen molar-refractivity contribution in [3.8, 4) is 0 Å². The van der Waals surface area contributed by atoms with Crippen molar-refractivity contribution in [2.24, 2.45) is 7.05 Å². The van der Waals surface area contributed by atoms with E-state index in [2.05, 4.69) is 10.3 Å². The highest BCUT2D eigenvalue weighted by atomic mass is 32.2. The van der Waals surface area contributed by atoms with Crippen LogP contribution in [0.5, 0.6) is 0 Å². The zero-order chi connectivity index (χ0) is 14.8. The van der Waals surface area contributed by atoms with Crippen molar-refractivity contribution in [1.82, 2.24) is 19.2 Å². The molecule has 110 valence electrons. The molecule has 8 heteroatoms. The first-order valence-electron chi connectivity index (χ1n) is 6.09. The molecule has 0 saturated heterocycles. The maximum atomic E-state index is 11.8. The highest BCUT2D eigenvalue weighted by Crippen LogP contribution is 2.16. The van der Waals surface area contributed by atoms with E-state index in [4.69, 9.17) is 4.42 Å². The summed E-state index contributed by atoms with van der Waals surface area (Å²) < 4.78 is 32.1. The van der Waals surface area contributed by atoms with Gasteiger partial charge in [-0.05, 0) is 12.1 Å². The fourth-order valence-corrected chi connectivity index (χ4v) is 2.45. The minimum atomic E-state index is -3.51. The molecular formula is C12H18N4O3S. The average molecular weight is 298 g/mol. The molecule has 0 fully saturated rings. The lowest BCUT2D eigenvalue weighted by atomic mass is 10.4. The van der Waals surface area contributed by atoms with E-state index < -0.39 is 10.0 Å². The molecule has 0 aliphatic rings. The van der Waals surface area contributed by atoms with E-state index in [9.17, 15) is 8.42 Å². The van der Waals surface area contributed by atoms with E-state index in [0.29, 0.717) is 18.8 Å². The third-order valence-electron chi connectivity index (χ3n) is 2.88. The van der Waals surface area contributed by atoms with Gasteiger partial charge < -0.3 is 14.3 Å². The normalized spacial score (nSPS) is 12.2. The lowest BCUT2D eigenvalue weighted by molar-refractivity contribution is 0.388. The molecule has 0 bridgehead atoms. The van der Waals surface area contributed by atoms with Crippen molar-refractivity contribution in [2.45, 2.75) is 18.2 Å². The quantitative estimate of drug-likeness (QED) is 0.842. The first kappa shape index (κ1) is 14.8. The maximum Gasteiger partial charge on any atom is 0.275 e. The van der Waals surface area contributed by atoms with Crippen molar-refractivity contribution in [3.05, 3.63) is 36.1 Å². The Morgan fingerprint density at radius 1 is 1.35 bits per heavy atom. The molecule has 0 spiro atoms. The Kier molecular flexibility index (Phi) is 4.26. The Morgan fingerprint density at radius 3 is 2.70 bits per heavy atom. The third-order valence-corrected chi connectivity index (χ3v) is 4.56. The molecule has 2 aromatic rings. The fourth-order valence-electron chi connectivity index (χ4n) is 1.64. The molecule has 0 amide bonds. The van der Waals surface area contributed by atoms with Gasteiger partial charge in [0.1, 0.15) is 11.6 Å². The molecule has 2 heterocycles. The number of rotatable bonds is 6. The Morgan fingerprint density at radius 2 is 2.10 bits per heavy atom. The monoisotopic (exact) mass is 298 g/mol. The summed E-state index contributed by atoms with van der Waals surface area (Å²) in [6, 6.07) is 3.12. The van der Waals surface area contributed by atoms with Crippen LogP contribution >= 0.6 is 0 Å². The molecule has 0 aliphatic heterocycles. The number of imidazole rings is 1. The minimum Gasteiger partial charge on any atom is -0.447 e. The molecule has 1 N–H and O–H groups in total. The topological polar surface area (TPSA) is 80.4 Å². The van der Waals surface area contributed by atoms with Crippen LogP contribution in [0.15, 0.2) is 34.0 Å². The van der Waals surface area contributed by atoms with Crippen LogP contribution in [0.1, 0.15) is 11.6 Å². The molecule has 7 nitrogen and oxygen atoms in total. The standard InChI is InChI=1S/C12H18N4O3S/c1-15(2)20(17,18)12-5-4-10(19-12)8-13-9-11-14-6-7-16(11)3/h4-7,13H,8-9H2,1-3H3. The molecule has 0 aromatic carbocycles. The first-order chi connectivity index (χ1) is 9.41. The second kappa shape index (κ2) is 5.78. The van der Waals surface area contributed by atoms with E-state index >= 15 is 0 Å². The summed E-state index contributed by atoms with van der Waals surface area (Å²) in [5.74, 6) is 1.47. The summed E-state index contributed by atoms with van der Waals surface area (Å²) in [5.41, 5.74) is 0. The van der Waals surface area contributed by atoms with Crippen molar-refractivity contribution in [2.75, 3.05) is 14.1 Å². The van der Waals surface area contributed by atoms with Crippen LogP contribution in [-0.2, 0) is 30.2 Å². The molecule has 0 radical (unpaired) electrons. The highest BCUT2D eigenvalue weighted by molar-refractivity contribution is 7.88. The van der Waals surface area contributed by atoms with Gasteiger partial charge in [0.2, 0.25) is 5.09 Å². The molecule has 0 saturated carbocycles. The number of aromatic nitrogens is 2. The molecule has 2 rings (SSSR count). The number of nitrogens with one attached hydrogen (secondary N) is 1. The van der Waals surface area contributed by atoms with Crippen molar-refractivity contribution in [1.29, 1.82) is 0 Å². The zero-order valence-electron chi connectivity index (χ0n) is 11.7. The van der Waals surface area contributed by atoms with Crippen LogP contribution in [0, 0.1) is 0 Å². The summed E-state index contributed by atoms with van der Waals surface area (Å²) in [7, 11) is 1.34. The first-order valence-corrected chi connectivity index (χ1v) is 7.53. The van der Waals surface area contributed by atoms with E-state index in [-0.39, 0.29) is 5.09 Å². The molecule has 0 aliphatic carbocycles. The summed E-state index contributed by atoms with van der Waals surface area (Å²) in [6.45, 7) is 1.02. The summed E-state index contributed by atoms with van der Waals surface area (Å²) >= 11 is 0. The summed E-state index contributed by atoms with van der Waals surface area (Å²) in [4.78, 5) is 4.18. The highest BCUT2D eigenvalue weighted by Gasteiger charge is 2.21. The van der Waals surface area contributed by atoms with Gasteiger partial charge in [-0.2, -0.15) is 0 Å². The predicted octanol–water partition coefficient (Wildman–Crippen LogP) is 0.553. The number of aryl methyl sites for hydroxylation is 1. The second-order valence-electron chi connectivity index (χ2n) is 4.57. The van der Waals surface area contributed by atoms with Gasteiger partial charge in [0.25, 0.3) is 10.0 Å². The Hall–Kier alpha value is -1.64. The van der Waals surface area contributed by atoms with Crippen LogP contribution in [0.4, 0.5) is 0 Å². The van der Waals surface area contributed by atoms with E-state index in [1.165, 1.54) is 20.2 Å². The molecule has 20 heavy (non-hydrogen) atoms. The Balaban J connectivity index is 1.96. The smallest absolute Gasteiger partial charge is 0.275 e. The van der Waals surface area contributed by atoms with E-state index in [1.807, 2.05) is 17.8 Å². The number of hydrogen-bond acceptors (Lipinski definition) is 5. The van der Waals surface area contributed by atoms with Gasteiger partial charge in [-0.25, -0.2) is 17.7 Å². The van der Waals surface area contributed by atoms with Gasteiger partial charge in [-0.15, -0.1) is 0 Å². The molecule has 0 atom stereocenters. The number of hydrogen-bond donors (Lipinski definition) is 1. The van der Waals surface area contributed by atoms with Crippen LogP contribution in [0.25, 0.3) is 0 Å². The van der Waals surface area contributed by atoms with Crippen LogP contribution in [0.3, 0.4) is 0 Å². The third kappa shape index (κ3) is 3.09. The van der Waals surface area contributed by atoms with Gasteiger partial charge in [-0.3, -0.25) is 0 Å². The number of sulfonamides is 1. The van der Waals surface area contributed by atoms with E-state index in [1.54, 1.807) is 12.3 Å². The Labute approximate surface area is 118 Å². The molecular weight excluding hydrogens is 280 g/mol. The zero-order valence-corrected chi connectivity index (χ0v) is 12.5. The minimum absolute atomic E-state index is 0.0451. The van der Waals surface area contributed by atoms with Crippen LogP contribution in [-0.4, -0.2) is 36.4 Å². The molecule has 2 aromatic heterocycles. The predicted molar refractivity (Wildman–Crippen MR) is 73.3 cm³/mol.